The third-order valence-corrected chi connectivity index (χ3v) is 3.61. The minimum absolute atomic E-state index is 0.823. The normalized spacial score (nSPS) is 10.4. The number of rotatable bonds is 3. The summed E-state index contributed by atoms with van der Waals surface area (Å²) in [6.45, 7) is 5.13. The van der Waals surface area contributed by atoms with Crippen LogP contribution in [0, 0.1) is 10.5 Å². The van der Waals surface area contributed by atoms with E-state index < -0.39 is 0 Å². The van der Waals surface area contributed by atoms with Crippen LogP contribution in [0.1, 0.15) is 12.5 Å². The van der Waals surface area contributed by atoms with Gasteiger partial charge in [-0.1, -0.05) is 17.7 Å². The van der Waals surface area contributed by atoms with Gasteiger partial charge >= 0.3 is 0 Å². The van der Waals surface area contributed by atoms with Crippen LogP contribution >= 0.6 is 22.6 Å². The Hall–Kier alpha value is -1.23. The molecule has 0 amide bonds. The molecule has 0 saturated carbocycles. The van der Waals surface area contributed by atoms with Crippen molar-refractivity contribution in [2.24, 2.45) is 0 Å². The lowest BCUT2D eigenvalue weighted by Crippen LogP contribution is -2.17. The van der Waals surface area contributed by atoms with E-state index >= 15 is 0 Å². The first-order valence-electron chi connectivity index (χ1n) is 6.01. The van der Waals surface area contributed by atoms with Crippen molar-refractivity contribution in [1.29, 1.82) is 0 Å². The van der Waals surface area contributed by atoms with E-state index in [0.717, 1.165) is 21.5 Å². The van der Waals surface area contributed by atoms with E-state index in [9.17, 15) is 0 Å². The molecule has 0 unspecified atom stereocenters. The first kappa shape index (κ1) is 13.2. The fraction of sp³-hybridized carbons (Fsp3) is 0.200. The Kier molecular flexibility index (Phi) is 4.11. The van der Waals surface area contributed by atoms with Crippen molar-refractivity contribution < 1.29 is 0 Å². The molecule has 2 nitrogen and oxygen atoms in total. The number of aryl methyl sites for hydroxylation is 1. The monoisotopic (exact) mass is 352 g/mol. The van der Waals surface area contributed by atoms with Crippen molar-refractivity contribution in [3.8, 4) is 0 Å². The number of anilines is 3. The largest absolute Gasteiger partial charge is 0.397 e. The van der Waals surface area contributed by atoms with Gasteiger partial charge < -0.3 is 10.6 Å². The van der Waals surface area contributed by atoms with Crippen LogP contribution < -0.4 is 10.6 Å². The second-order valence-electron chi connectivity index (χ2n) is 4.28. The van der Waals surface area contributed by atoms with E-state index in [1.807, 2.05) is 6.07 Å². The lowest BCUT2D eigenvalue weighted by atomic mass is 10.2. The maximum atomic E-state index is 6.12. The van der Waals surface area contributed by atoms with E-state index in [2.05, 4.69) is 77.7 Å². The van der Waals surface area contributed by atoms with Gasteiger partial charge in [0.15, 0.2) is 0 Å². The average molecular weight is 352 g/mol. The topological polar surface area (TPSA) is 29.3 Å². The fourth-order valence-corrected chi connectivity index (χ4v) is 2.50. The van der Waals surface area contributed by atoms with Gasteiger partial charge in [0.25, 0.3) is 0 Å². The van der Waals surface area contributed by atoms with Crippen LogP contribution in [0.25, 0.3) is 0 Å². The van der Waals surface area contributed by atoms with Crippen molar-refractivity contribution in [3.05, 3.63) is 51.6 Å². The van der Waals surface area contributed by atoms with E-state index in [1.165, 1.54) is 11.3 Å². The van der Waals surface area contributed by atoms with Gasteiger partial charge in [-0.25, -0.2) is 0 Å². The Morgan fingerprint density at radius 3 is 2.33 bits per heavy atom. The molecule has 0 aliphatic rings. The molecule has 2 rings (SSSR count). The second-order valence-corrected chi connectivity index (χ2v) is 5.53. The van der Waals surface area contributed by atoms with Gasteiger partial charge in [0, 0.05) is 15.8 Å². The quantitative estimate of drug-likeness (QED) is 0.658. The summed E-state index contributed by atoms with van der Waals surface area (Å²) in [7, 11) is 0. The molecular weight excluding hydrogens is 335 g/mol. The molecule has 2 aromatic rings. The highest BCUT2D eigenvalue weighted by Crippen LogP contribution is 2.31. The molecule has 0 radical (unpaired) electrons. The van der Waals surface area contributed by atoms with Crippen molar-refractivity contribution in [1.82, 2.24) is 0 Å². The number of halogens is 1. The van der Waals surface area contributed by atoms with E-state index in [1.54, 1.807) is 0 Å². The smallest absolute Gasteiger partial charge is 0.0645 e. The van der Waals surface area contributed by atoms with Crippen LogP contribution in [0.5, 0.6) is 0 Å². The molecule has 0 aliphatic carbocycles. The van der Waals surface area contributed by atoms with Gasteiger partial charge in [0.1, 0.15) is 0 Å². The van der Waals surface area contributed by atoms with Crippen molar-refractivity contribution in [2.45, 2.75) is 13.8 Å². The third kappa shape index (κ3) is 2.77. The first-order chi connectivity index (χ1) is 8.61. The highest BCUT2D eigenvalue weighted by atomic mass is 127. The summed E-state index contributed by atoms with van der Waals surface area (Å²) in [5.41, 5.74) is 10.5. The summed E-state index contributed by atoms with van der Waals surface area (Å²) in [4.78, 5) is 2.23. The molecule has 94 valence electrons. The van der Waals surface area contributed by atoms with Gasteiger partial charge in [-0.15, -0.1) is 0 Å². The Morgan fingerprint density at radius 2 is 1.78 bits per heavy atom. The summed E-state index contributed by atoms with van der Waals surface area (Å²) in [6, 6.07) is 14.7. The highest BCUT2D eigenvalue weighted by Gasteiger charge is 2.10. The summed E-state index contributed by atoms with van der Waals surface area (Å²) < 4.78 is 1.16. The standard InChI is InChI=1S/C15H17IN2/c1-3-18(13-7-4-11(2)5-8-13)15-9-6-12(16)10-14(15)17/h4-10H,3,17H2,1-2H3. The summed E-state index contributed by atoms with van der Waals surface area (Å²) >= 11 is 2.28. The van der Waals surface area contributed by atoms with Crippen molar-refractivity contribution in [3.63, 3.8) is 0 Å². The van der Waals surface area contributed by atoms with Gasteiger partial charge in [-0.2, -0.15) is 0 Å². The zero-order chi connectivity index (χ0) is 13.1. The molecular formula is C15H17IN2. The third-order valence-electron chi connectivity index (χ3n) is 2.94. The predicted molar refractivity (Wildman–Crippen MR) is 87.4 cm³/mol. The van der Waals surface area contributed by atoms with Crippen molar-refractivity contribution >= 4 is 39.7 Å². The molecule has 2 N–H and O–H groups in total. The Balaban J connectivity index is 2.41. The molecule has 0 spiro atoms. The van der Waals surface area contributed by atoms with Crippen LogP contribution in [-0.4, -0.2) is 6.54 Å². The Bertz CT molecular complexity index is 535. The maximum absolute atomic E-state index is 6.12. The second kappa shape index (κ2) is 5.61. The van der Waals surface area contributed by atoms with Crippen LogP contribution in [0.15, 0.2) is 42.5 Å². The van der Waals surface area contributed by atoms with Gasteiger partial charge in [0.05, 0.1) is 11.4 Å². The molecule has 0 fully saturated rings. The predicted octanol–water partition coefficient (Wildman–Crippen LogP) is 4.34. The molecule has 2 aromatic carbocycles. The molecule has 0 saturated heterocycles. The number of hydrogen-bond donors (Lipinski definition) is 1. The van der Waals surface area contributed by atoms with E-state index in [-0.39, 0.29) is 0 Å². The number of nitrogens with two attached hydrogens (primary N) is 1. The number of nitrogen functional groups attached to an aromatic ring is 1. The molecule has 0 bridgehead atoms. The molecule has 18 heavy (non-hydrogen) atoms. The van der Waals surface area contributed by atoms with Gasteiger partial charge in [-0.3, -0.25) is 0 Å². The molecule has 0 aliphatic heterocycles. The van der Waals surface area contributed by atoms with E-state index in [0.29, 0.717) is 0 Å². The number of benzene rings is 2. The average Bonchev–Trinajstić information content (AvgIpc) is 2.35. The Morgan fingerprint density at radius 1 is 1.11 bits per heavy atom. The maximum Gasteiger partial charge on any atom is 0.0645 e. The molecule has 0 heterocycles. The van der Waals surface area contributed by atoms with Crippen molar-refractivity contribution in [2.75, 3.05) is 17.2 Å². The number of hydrogen-bond acceptors (Lipinski definition) is 2. The summed E-state index contributed by atoms with van der Waals surface area (Å²) in [5, 5.41) is 0. The molecule has 0 atom stereocenters. The minimum Gasteiger partial charge on any atom is -0.397 e. The van der Waals surface area contributed by atoms with Crippen LogP contribution in [0.2, 0.25) is 0 Å². The lowest BCUT2D eigenvalue weighted by Gasteiger charge is -2.25. The molecule has 0 aromatic heterocycles. The van der Waals surface area contributed by atoms with Crippen LogP contribution in [0.4, 0.5) is 17.1 Å². The number of nitrogens with zero attached hydrogens (tertiary/aromatic N) is 1. The minimum atomic E-state index is 0.823. The van der Waals surface area contributed by atoms with Crippen LogP contribution in [0.3, 0.4) is 0 Å². The highest BCUT2D eigenvalue weighted by molar-refractivity contribution is 14.1. The Labute approximate surface area is 122 Å². The van der Waals surface area contributed by atoms with Gasteiger partial charge in [0.2, 0.25) is 0 Å². The SMILES string of the molecule is CCN(c1ccc(C)cc1)c1ccc(I)cc1N. The first-order valence-corrected chi connectivity index (χ1v) is 7.09. The van der Waals surface area contributed by atoms with Crippen LogP contribution in [-0.2, 0) is 0 Å². The lowest BCUT2D eigenvalue weighted by molar-refractivity contribution is 1.02. The zero-order valence-electron chi connectivity index (χ0n) is 10.7. The summed E-state index contributed by atoms with van der Waals surface area (Å²) in [5.74, 6) is 0. The van der Waals surface area contributed by atoms with E-state index in [4.69, 9.17) is 5.73 Å². The summed E-state index contributed by atoms with van der Waals surface area (Å²) in [6.07, 6.45) is 0. The molecule has 3 heteroatoms. The zero-order valence-corrected chi connectivity index (χ0v) is 12.8. The van der Waals surface area contributed by atoms with Gasteiger partial charge in [-0.05, 0) is 66.8 Å². The fourth-order valence-electron chi connectivity index (χ4n) is 1.99.